The molecule has 1 saturated carbocycles. The summed E-state index contributed by atoms with van der Waals surface area (Å²) in [5.74, 6) is 2.70. The van der Waals surface area contributed by atoms with Crippen molar-refractivity contribution in [3.05, 3.63) is 29.3 Å². The number of fused-ring (bicyclic) bond motifs is 1. The van der Waals surface area contributed by atoms with E-state index in [-0.39, 0.29) is 0 Å². The smallest absolute Gasteiger partial charge is 0.119 e. The number of hydrogen-bond donors (Lipinski definition) is 1. The van der Waals surface area contributed by atoms with Crippen molar-refractivity contribution in [2.75, 3.05) is 7.11 Å². The zero-order valence-electron chi connectivity index (χ0n) is 13.7. The fourth-order valence-corrected chi connectivity index (χ4v) is 4.26. The molecule has 1 N–H and O–H groups in total. The van der Waals surface area contributed by atoms with E-state index in [0.29, 0.717) is 12.1 Å². The predicted molar refractivity (Wildman–Crippen MR) is 87.8 cm³/mol. The number of aryl methyl sites for hydroxylation is 1. The number of rotatable bonds is 3. The van der Waals surface area contributed by atoms with Gasteiger partial charge in [-0.25, -0.2) is 0 Å². The molecule has 0 saturated heterocycles. The first kappa shape index (κ1) is 14.9. The largest absolute Gasteiger partial charge is 0.497 e. The Kier molecular flexibility index (Phi) is 4.54. The molecule has 2 nitrogen and oxygen atoms in total. The van der Waals surface area contributed by atoms with E-state index in [1.54, 1.807) is 7.11 Å². The molecular formula is C19H29NO. The van der Waals surface area contributed by atoms with E-state index in [1.165, 1.54) is 49.7 Å². The van der Waals surface area contributed by atoms with Crippen LogP contribution in [-0.2, 0) is 6.42 Å². The molecule has 0 radical (unpaired) electrons. The zero-order valence-corrected chi connectivity index (χ0v) is 13.7. The maximum atomic E-state index is 5.37. The van der Waals surface area contributed by atoms with Crippen molar-refractivity contribution in [2.45, 2.75) is 64.5 Å². The van der Waals surface area contributed by atoms with Crippen molar-refractivity contribution in [3.8, 4) is 5.75 Å². The van der Waals surface area contributed by atoms with Crippen LogP contribution in [0.2, 0.25) is 0 Å². The van der Waals surface area contributed by atoms with E-state index in [4.69, 9.17) is 4.74 Å². The van der Waals surface area contributed by atoms with Gasteiger partial charge < -0.3 is 10.1 Å². The molecule has 0 amide bonds. The van der Waals surface area contributed by atoms with E-state index < -0.39 is 0 Å². The van der Waals surface area contributed by atoms with Crippen molar-refractivity contribution in [3.63, 3.8) is 0 Å². The number of ether oxygens (including phenoxy) is 1. The highest BCUT2D eigenvalue weighted by Gasteiger charge is 2.29. The molecule has 2 aliphatic carbocycles. The summed E-state index contributed by atoms with van der Waals surface area (Å²) in [7, 11) is 1.76. The first-order chi connectivity index (χ1) is 10.2. The van der Waals surface area contributed by atoms with Crippen LogP contribution in [-0.4, -0.2) is 13.2 Å². The summed E-state index contributed by atoms with van der Waals surface area (Å²) in [6.07, 6.45) is 7.85. The van der Waals surface area contributed by atoms with Gasteiger partial charge in [-0.05, 0) is 73.6 Å². The van der Waals surface area contributed by atoms with Gasteiger partial charge in [0.1, 0.15) is 5.75 Å². The van der Waals surface area contributed by atoms with Gasteiger partial charge in [0.25, 0.3) is 0 Å². The molecule has 0 bridgehead atoms. The molecule has 0 aromatic heterocycles. The van der Waals surface area contributed by atoms with Gasteiger partial charge in [-0.1, -0.05) is 19.9 Å². The van der Waals surface area contributed by atoms with Gasteiger partial charge in [0.15, 0.2) is 0 Å². The van der Waals surface area contributed by atoms with E-state index in [1.807, 2.05) is 0 Å². The number of methoxy groups -OCH3 is 1. The van der Waals surface area contributed by atoms with Crippen LogP contribution in [0.25, 0.3) is 0 Å². The lowest BCUT2D eigenvalue weighted by Crippen LogP contribution is -2.41. The lowest BCUT2D eigenvalue weighted by atomic mass is 9.78. The lowest BCUT2D eigenvalue weighted by molar-refractivity contribution is 0.208. The van der Waals surface area contributed by atoms with Crippen molar-refractivity contribution in [1.82, 2.24) is 5.32 Å². The minimum absolute atomic E-state index is 0.542. The Morgan fingerprint density at radius 2 is 2.00 bits per heavy atom. The van der Waals surface area contributed by atoms with Crippen molar-refractivity contribution in [2.24, 2.45) is 11.8 Å². The first-order valence-electron chi connectivity index (χ1n) is 8.60. The van der Waals surface area contributed by atoms with Crippen molar-refractivity contribution < 1.29 is 4.74 Å². The number of hydrogen-bond acceptors (Lipinski definition) is 2. The van der Waals surface area contributed by atoms with E-state index >= 15 is 0 Å². The van der Waals surface area contributed by atoms with Crippen molar-refractivity contribution >= 4 is 0 Å². The molecule has 4 unspecified atom stereocenters. The van der Waals surface area contributed by atoms with Crippen LogP contribution in [0.15, 0.2) is 18.2 Å². The molecule has 21 heavy (non-hydrogen) atoms. The molecule has 116 valence electrons. The SMILES string of the molecule is COc1ccc2c(c1)CCCC2NC1CCC(C)CC1C. The highest BCUT2D eigenvalue weighted by molar-refractivity contribution is 5.39. The van der Waals surface area contributed by atoms with Gasteiger partial charge in [-0.3, -0.25) is 0 Å². The van der Waals surface area contributed by atoms with Crippen LogP contribution < -0.4 is 10.1 Å². The molecular weight excluding hydrogens is 258 g/mol. The number of benzene rings is 1. The topological polar surface area (TPSA) is 21.3 Å². The summed E-state index contributed by atoms with van der Waals surface area (Å²) in [6, 6.07) is 7.86. The maximum Gasteiger partial charge on any atom is 0.119 e. The number of nitrogens with one attached hydrogen (secondary N) is 1. The van der Waals surface area contributed by atoms with Gasteiger partial charge >= 0.3 is 0 Å². The third kappa shape index (κ3) is 3.26. The second-order valence-electron chi connectivity index (χ2n) is 7.18. The average Bonchev–Trinajstić information content (AvgIpc) is 2.49. The molecule has 1 aromatic carbocycles. The summed E-state index contributed by atoms with van der Waals surface area (Å²) in [4.78, 5) is 0. The molecule has 4 atom stereocenters. The van der Waals surface area contributed by atoms with Crippen LogP contribution in [0.4, 0.5) is 0 Å². The Morgan fingerprint density at radius 3 is 2.76 bits per heavy atom. The normalized spacial score (nSPS) is 32.5. The third-order valence-electron chi connectivity index (χ3n) is 5.51. The summed E-state index contributed by atoms with van der Waals surface area (Å²) < 4.78 is 5.37. The standard InChI is InChI=1S/C19H29NO/c1-13-7-10-18(14(2)11-13)20-19-6-4-5-15-12-16(21-3)8-9-17(15)19/h8-9,12-14,18-20H,4-7,10-11H2,1-3H3. The molecule has 0 heterocycles. The summed E-state index contributed by atoms with van der Waals surface area (Å²) in [6.45, 7) is 4.82. The van der Waals surface area contributed by atoms with Crippen LogP contribution in [0.3, 0.4) is 0 Å². The summed E-state index contributed by atoms with van der Waals surface area (Å²) >= 11 is 0. The molecule has 2 aliphatic rings. The monoisotopic (exact) mass is 287 g/mol. The predicted octanol–water partition coefficient (Wildman–Crippen LogP) is 4.49. The second kappa shape index (κ2) is 6.39. The Bertz CT molecular complexity index is 484. The Balaban J connectivity index is 1.73. The van der Waals surface area contributed by atoms with Gasteiger partial charge in [-0.15, -0.1) is 0 Å². The maximum absolute atomic E-state index is 5.37. The fourth-order valence-electron chi connectivity index (χ4n) is 4.26. The molecule has 0 spiro atoms. The van der Waals surface area contributed by atoms with E-state index in [2.05, 4.69) is 37.4 Å². The average molecular weight is 287 g/mol. The molecule has 3 rings (SSSR count). The fraction of sp³-hybridized carbons (Fsp3) is 0.684. The Hall–Kier alpha value is -1.02. The van der Waals surface area contributed by atoms with Crippen LogP contribution >= 0.6 is 0 Å². The first-order valence-corrected chi connectivity index (χ1v) is 8.60. The zero-order chi connectivity index (χ0) is 14.8. The van der Waals surface area contributed by atoms with Gasteiger partial charge in [-0.2, -0.15) is 0 Å². The van der Waals surface area contributed by atoms with Gasteiger partial charge in [0.2, 0.25) is 0 Å². The Morgan fingerprint density at radius 1 is 1.14 bits per heavy atom. The minimum atomic E-state index is 0.542. The van der Waals surface area contributed by atoms with Crippen LogP contribution in [0, 0.1) is 11.8 Å². The molecule has 0 aliphatic heterocycles. The van der Waals surface area contributed by atoms with E-state index in [0.717, 1.165) is 17.6 Å². The lowest BCUT2D eigenvalue weighted by Gasteiger charge is -2.37. The minimum Gasteiger partial charge on any atom is -0.497 e. The van der Waals surface area contributed by atoms with Crippen molar-refractivity contribution in [1.29, 1.82) is 0 Å². The van der Waals surface area contributed by atoms with E-state index in [9.17, 15) is 0 Å². The highest BCUT2D eigenvalue weighted by atomic mass is 16.5. The van der Waals surface area contributed by atoms with Crippen LogP contribution in [0.5, 0.6) is 5.75 Å². The summed E-state index contributed by atoms with van der Waals surface area (Å²) in [5, 5.41) is 3.98. The third-order valence-corrected chi connectivity index (χ3v) is 5.51. The van der Waals surface area contributed by atoms with Gasteiger partial charge in [0.05, 0.1) is 7.11 Å². The Labute approximate surface area is 129 Å². The summed E-state index contributed by atoms with van der Waals surface area (Å²) in [5.41, 5.74) is 2.99. The van der Waals surface area contributed by atoms with Gasteiger partial charge in [0, 0.05) is 12.1 Å². The quantitative estimate of drug-likeness (QED) is 0.884. The highest BCUT2D eigenvalue weighted by Crippen LogP contribution is 2.35. The molecule has 1 fully saturated rings. The molecule has 2 heteroatoms. The van der Waals surface area contributed by atoms with Crippen LogP contribution in [0.1, 0.15) is 63.1 Å². The second-order valence-corrected chi connectivity index (χ2v) is 7.18. The molecule has 1 aromatic rings.